The normalized spacial score (nSPS) is 14.0. The predicted octanol–water partition coefficient (Wildman–Crippen LogP) is 22.1. The van der Waals surface area contributed by atoms with Crippen molar-refractivity contribution in [3.05, 3.63) is 0 Å². The predicted molar refractivity (Wildman–Crippen MR) is 382 cm³/mol. The first-order valence-corrected chi connectivity index (χ1v) is 42.1. The number of esters is 4. The molecule has 0 saturated heterocycles. The number of phosphoric ester groups is 2. The molecule has 0 rings (SSSR count). The third kappa shape index (κ3) is 68.6. The van der Waals surface area contributed by atoms with Gasteiger partial charge in [0.25, 0.3) is 0 Å². The number of phosphoric acid groups is 2. The van der Waals surface area contributed by atoms with Crippen LogP contribution in [-0.2, 0) is 65.4 Å². The van der Waals surface area contributed by atoms with E-state index >= 15 is 0 Å². The summed E-state index contributed by atoms with van der Waals surface area (Å²) in [6.07, 6.45) is 56.6. The highest BCUT2D eigenvalue weighted by atomic mass is 31.2. The molecule has 0 amide bonds. The SMILES string of the molecule is CCCCCCCCCCCCCCCCCC(=O)O[C@H](COC(=O)CCCCCCCCCCCCCCCC)COP(=O)(O)OC[C@@H](O)COP(=O)(O)OC[C@@H](COC(=O)CCCCCCCCCCCCCC)OC(=O)CCCCCCCCCCCCC(C)C. The van der Waals surface area contributed by atoms with Crippen LogP contribution in [0, 0.1) is 5.92 Å². The number of carbonyl (C=O) groups excluding carboxylic acids is 4. The van der Waals surface area contributed by atoms with E-state index in [1.807, 2.05) is 0 Å². The van der Waals surface area contributed by atoms with Crippen molar-refractivity contribution >= 4 is 39.5 Å². The van der Waals surface area contributed by atoms with Crippen LogP contribution in [0.25, 0.3) is 0 Å². The Kier molecular flexibility index (Phi) is 66.8. The van der Waals surface area contributed by atoms with E-state index in [4.69, 9.17) is 37.0 Å². The largest absolute Gasteiger partial charge is 0.472 e. The lowest BCUT2D eigenvalue weighted by Gasteiger charge is -2.21. The van der Waals surface area contributed by atoms with Crippen LogP contribution in [0.3, 0.4) is 0 Å². The first-order chi connectivity index (χ1) is 45.5. The topological polar surface area (TPSA) is 237 Å². The zero-order valence-corrected chi connectivity index (χ0v) is 62.9. The van der Waals surface area contributed by atoms with Crippen molar-refractivity contribution in [2.24, 2.45) is 5.92 Å². The number of unbranched alkanes of at least 4 members (excludes halogenated alkanes) is 47. The van der Waals surface area contributed by atoms with Gasteiger partial charge >= 0.3 is 39.5 Å². The summed E-state index contributed by atoms with van der Waals surface area (Å²) in [5.74, 6) is -1.36. The third-order valence-corrected chi connectivity index (χ3v) is 19.4. The van der Waals surface area contributed by atoms with Gasteiger partial charge in [0.05, 0.1) is 26.4 Å². The monoisotopic (exact) mass is 1380 g/mol. The Balaban J connectivity index is 5.26. The summed E-state index contributed by atoms with van der Waals surface area (Å²) in [6.45, 7) is 7.29. The molecule has 0 bridgehead atoms. The minimum absolute atomic E-state index is 0.107. The van der Waals surface area contributed by atoms with Crippen molar-refractivity contribution in [3.8, 4) is 0 Å². The number of aliphatic hydroxyl groups is 1. The fourth-order valence-corrected chi connectivity index (χ4v) is 13.1. The Bertz CT molecular complexity index is 1810. The lowest BCUT2D eigenvalue weighted by Crippen LogP contribution is -2.30. The molecule has 0 aromatic heterocycles. The molecule has 17 nitrogen and oxygen atoms in total. The Morgan fingerprint density at radius 3 is 0.723 bits per heavy atom. The number of hydrogen-bond donors (Lipinski definition) is 3. The Labute approximate surface area is 575 Å². The third-order valence-electron chi connectivity index (χ3n) is 17.5. The summed E-state index contributed by atoms with van der Waals surface area (Å²) < 4.78 is 68.5. The highest BCUT2D eigenvalue weighted by Crippen LogP contribution is 2.45. The molecule has 94 heavy (non-hydrogen) atoms. The molecule has 0 fully saturated rings. The Morgan fingerprint density at radius 1 is 0.287 bits per heavy atom. The minimum atomic E-state index is -4.95. The van der Waals surface area contributed by atoms with Gasteiger partial charge in [-0.05, 0) is 31.6 Å². The summed E-state index contributed by atoms with van der Waals surface area (Å²) >= 11 is 0. The van der Waals surface area contributed by atoms with Crippen molar-refractivity contribution in [2.45, 2.75) is 412 Å². The van der Waals surface area contributed by atoms with E-state index in [0.29, 0.717) is 25.7 Å². The number of aliphatic hydroxyl groups excluding tert-OH is 1. The molecule has 3 N–H and O–H groups in total. The molecule has 5 atom stereocenters. The van der Waals surface area contributed by atoms with E-state index in [2.05, 4.69) is 34.6 Å². The second-order valence-corrected chi connectivity index (χ2v) is 30.4. The molecule has 0 aliphatic heterocycles. The fourth-order valence-electron chi connectivity index (χ4n) is 11.5. The maximum Gasteiger partial charge on any atom is 0.472 e. The van der Waals surface area contributed by atoms with E-state index in [9.17, 15) is 43.2 Å². The van der Waals surface area contributed by atoms with Gasteiger partial charge in [-0.1, -0.05) is 343 Å². The zero-order valence-electron chi connectivity index (χ0n) is 61.1. The van der Waals surface area contributed by atoms with Crippen molar-refractivity contribution in [3.63, 3.8) is 0 Å². The Morgan fingerprint density at radius 2 is 0.489 bits per heavy atom. The van der Waals surface area contributed by atoms with E-state index in [-0.39, 0.29) is 25.7 Å². The number of hydrogen-bond acceptors (Lipinski definition) is 15. The molecule has 0 radical (unpaired) electrons. The van der Waals surface area contributed by atoms with E-state index in [0.717, 1.165) is 95.8 Å². The van der Waals surface area contributed by atoms with Crippen molar-refractivity contribution < 1.29 is 80.2 Å². The quantitative estimate of drug-likeness (QED) is 0.0222. The maximum absolute atomic E-state index is 13.1. The smallest absolute Gasteiger partial charge is 0.462 e. The first kappa shape index (κ1) is 92.1. The van der Waals surface area contributed by atoms with Gasteiger partial charge in [-0.3, -0.25) is 37.3 Å². The number of carbonyl (C=O) groups is 4. The minimum Gasteiger partial charge on any atom is -0.462 e. The summed E-state index contributed by atoms with van der Waals surface area (Å²) in [7, 11) is -9.91. The van der Waals surface area contributed by atoms with Crippen LogP contribution in [0.5, 0.6) is 0 Å². The molecule has 0 saturated carbocycles. The molecule has 558 valence electrons. The van der Waals surface area contributed by atoms with Crippen LogP contribution in [0.2, 0.25) is 0 Å². The van der Waals surface area contributed by atoms with Crippen LogP contribution >= 0.6 is 15.6 Å². The molecular formula is C75H146O17P2. The van der Waals surface area contributed by atoms with Gasteiger partial charge in [-0.15, -0.1) is 0 Å². The highest BCUT2D eigenvalue weighted by Gasteiger charge is 2.30. The van der Waals surface area contributed by atoms with E-state index in [1.54, 1.807) is 0 Å². The molecule has 0 aliphatic rings. The van der Waals surface area contributed by atoms with Gasteiger partial charge in [0.1, 0.15) is 19.3 Å². The molecule has 2 unspecified atom stereocenters. The standard InChI is InChI=1S/C75H146O17P2/c1-6-9-12-15-18-21-24-27-29-31-34-40-45-50-55-60-74(79)91-70(64-86-73(78)59-54-49-44-39-33-30-28-25-22-19-16-13-10-7-2)66-89-93(81,82)87-62-69(76)63-88-94(83,84)90-67-71(65-85-72(77)58-53-48-43-38-32-26-23-20-17-14-11-8-3)92-75(80)61-56-51-46-41-36-35-37-42-47-52-57-68(4)5/h68-71,76H,6-67H2,1-5H3,(H,81,82)(H,83,84)/t69-,70-,71-/m1/s1. The van der Waals surface area contributed by atoms with Crippen LogP contribution in [0.15, 0.2) is 0 Å². The van der Waals surface area contributed by atoms with E-state index in [1.165, 1.54) is 218 Å². The first-order valence-electron chi connectivity index (χ1n) is 39.1. The molecule has 0 spiro atoms. The fraction of sp³-hybridized carbons (Fsp3) is 0.947. The molecule has 19 heteroatoms. The second kappa shape index (κ2) is 68.2. The van der Waals surface area contributed by atoms with Crippen LogP contribution in [0.4, 0.5) is 0 Å². The molecule has 0 aliphatic carbocycles. The van der Waals surface area contributed by atoms with Crippen LogP contribution in [-0.4, -0.2) is 96.7 Å². The summed E-state index contributed by atoms with van der Waals surface area (Å²) in [5.41, 5.74) is 0. The van der Waals surface area contributed by atoms with Crippen molar-refractivity contribution in [1.29, 1.82) is 0 Å². The summed E-state index contributed by atoms with van der Waals surface area (Å²) in [5, 5.41) is 10.6. The molecule has 0 aromatic carbocycles. The Hall–Kier alpha value is -1.94. The summed E-state index contributed by atoms with van der Waals surface area (Å²) in [6, 6.07) is 0. The van der Waals surface area contributed by atoms with Gasteiger partial charge in [0.2, 0.25) is 0 Å². The van der Waals surface area contributed by atoms with Gasteiger partial charge < -0.3 is 33.8 Å². The van der Waals surface area contributed by atoms with Crippen molar-refractivity contribution in [2.75, 3.05) is 39.6 Å². The van der Waals surface area contributed by atoms with Gasteiger partial charge in [0.15, 0.2) is 12.2 Å². The van der Waals surface area contributed by atoms with E-state index < -0.39 is 97.5 Å². The average Bonchev–Trinajstić information content (AvgIpc) is 1.43. The van der Waals surface area contributed by atoms with Crippen LogP contribution < -0.4 is 0 Å². The molecular weight excluding hydrogens is 1230 g/mol. The maximum atomic E-state index is 13.1. The average molecular weight is 1380 g/mol. The highest BCUT2D eigenvalue weighted by molar-refractivity contribution is 7.47. The molecule has 0 heterocycles. The van der Waals surface area contributed by atoms with Gasteiger partial charge in [-0.2, -0.15) is 0 Å². The van der Waals surface area contributed by atoms with Gasteiger partial charge in [-0.25, -0.2) is 9.13 Å². The zero-order chi connectivity index (χ0) is 69.1. The molecule has 0 aromatic rings. The number of rotatable bonds is 75. The lowest BCUT2D eigenvalue weighted by atomic mass is 10.0. The van der Waals surface area contributed by atoms with Crippen molar-refractivity contribution in [1.82, 2.24) is 0 Å². The number of ether oxygens (including phenoxy) is 4. The van der Waals surface area contributed by atoms with Gasteiger partial charge in [0, 0.05) is 25.7 Å². The summed E-state index contributed by atoms with van der Waals surface area (Å²) in [4.78, 5) is 72.8. The second-order valence-electron chi connectivity index (χ2n) is 27.5. The van der Waals surface area contributed by atoms with Crippen LogP contribution in [0.1, 0.15) is 394 Å². The lowest BCUT2D eigenvalue weighted by molar-refractivity contribution is -0.161.